The highest BCUT2D eigenvalue weighted by Gasteiger charge is 2.34. The second-order valence-electron chi connectivity index (χ2n) is 9.77. The third-order valence-electron chi connectivity index (χ3n) is 6.97. The standard InChI is InChI=1S/C24H50O4P2/c1-3-5-7-9-11-13-20-29(25,26)22-19-23-15-17-24(18-16-23)30(27,28)21-14-12-10-8-6-4-2/h23-24H,3-22H2,1-2H3,(H,25,26)(H,27,28). The molecule has 6 heteroatoms. The minimum absolute atomic E-state index is 0.0338. The van der Waals surface area contributed by atoms with E-state index in [4.69, 9.17) is 0 Å². The fourth-order valence-electron chi connectivity index (χ4n) is 4.77. The lowest BCUT2D eigenvalue weighted by Gasteiger charge is -2.31. The molecule has 0 saturated heterocycles. The summed E-state index contributed by atoms with van der Waals surface area (Å²) in [6, 6.07) is 0. The Morgan fingerprint density at radius 3 is 1.63 bits per heavy atom. The fourth-order valence-corrected chi connectivity index (χ4v) is 8.63. The van der Waals surface area contributed by atoms with Crippen molar-refractivity contribution in [3.8, 4) is 0 Å². The molecule has 1 aliphatic rings. The third kappa shape index (κ3) is 13.0. The van der Waals surface area contributed by atoms with Crippen LogP contribution in [-0.2, 0) is 9.13 Å². The largest absolute Gasteiger partial charge is 0.344 e. The fraction of sp³-hybridized carbons (Fsp3) is 1.00. The summed E-state index contributed by atoms with van der Waals surface area (Å²) in [4.78, 5) is 20.8. The Kier molecular flexibility index (Phi) is 15.2. The van der Waals surface area contributed by atoms with Gasteiger partial charge in [-0.2, -0.15) is 0 Å². The van der Waals surface area contributed by atoms with Gasteiger partial charge in [-0.25, -0.2) is 0 Å². The van der Waals surface area contributed by atoms with Gasteiger partial charge in [0.1, 0.15) is 0 Å². The molecule has 180 valence electrons. The second-order valence-corrected chi connectivity index (χ2v) is 15.0. The summed E-state index contributed by atoms with van der Waals surface area (Å²) in [6.45, 7) is 4.40. The molecule has 0 aromatic heterocycles. The highest BCUT2D eigenvalue weighted by molar-refractivity contribution is 7.58. The summed E-state index contributed by atoms with van der Waals surface area (Å²) in [5.74, 6) is 0.459. The molecule has 0 radical (unpaired) electrons. The Morgan fingerprint density at radius 1 is 0.633 bits per heavy atom. The van der Waals surface area contributed by atoms with Gasteiger partial charge in [0.25, 0.3) is 0 Å². The van der Waals surface area contributed by atoms with E-state index in [0.717, 1.165) is 57.8 Å². The third-order valence-corrected chi connectivity index (χ3v) is 11.6. The van der Waals surface area contributed by atoms with Crippen LogP contribution in [0.1, 0.15) is 123 Å². The molecule has 2 unspecified atom stereocenters. The van der Waals surface area contributed by atoms with Crippen LogP contribution in [0.15, 0.2) is 0 Å². The van der Waals surface area contributed by atoms with Gasteiger partial charge in [-0.15, -0.1) is 0 Å². The van der Waals surface area contributed by atoms with E-state index in [-0.39, 0.29) is 5.66 Å². The Balaban J connectivity index is 2.19. The van der Waals surface area contributed by atoms with E-state index in [9.17, 15) is 18.9 Å². The lowest BCUT2D eigenvalue weighted by Crippen LogP contribution is -2.21. The van der Waals surface area contributed by atoms with Gasteiger partial charge in [0, 0.05) is 24.1 Å². The zero-order chi connectivity index (χ0) is 22.3. The predicted octanol–water partition coefficient (Wildman–Crippen LogP) is 8.20. The molecule has 1 aliphatic carbocycles. The summed E-state index contributed by atoms with van der Waals surface area (Å²) in [6.07, 6.45) is 19.5. The van der Waals surface area contributed by atoms with Crippen molar-refractivity contribution in [1.29, 1.82) is 0 Å². The summed E-state index contributed by atoms with van der Waals surface area (Å²) < 4.78 is 25.2. The van der Waals surface area contributed by atoms with Crippen molar-refractivity contribution in [3.05, 3.63) is 0 Å². The van der Waals surface area contributed by atoms with Crippen molar-refractivity contribution >= 4 is 14.7 Å². The topological polar surface area (TPSA) is 74.6 Å². The zero-order valence-electron chi connectivity index (χ0n) is 19.9. The Bertz CT molecular complexity index is 515. The van der Waals surface area contributed by atoms with Crippen LogP contribution in [0.3, 0.4) is 0 Å². The van der Waals surface area contributed by atoms with Crippen LogP contribution in [0.4, 0.5) is 0 Å². The zero-order valence-corrected chi connectivity index (χ0v) is 21.7. The van der Waals surface area contributed by atoms with E-state index in [1.807, 2.05) is 0 Å². The lowest BCUT2D eigenvalue weighted by atomic mass is 9.87. The molecule has 0 amide bonds. The molecule has 30 heavy (non-hydrogen) atoms. The summed E-state index contributed by atoms with van der Waals surface area (Å²) in [5, 5.41) is 0. The highest BCUT2D eigenvalue weighted by atomic mass is 31.2. The molecule has 0 aromatic rings. The lowest BCUT2D eigenvalue weighted by molar-refractivity contribution is 0.331. The van der Waals surface area contributed by atoms with Gasteiger partial charge < -0.3 is 9.79 Å². The predicted molar refractivity (Wildman–Crippen MR) is 131 cm³/mol. The first-order chi connectivity index (χ1) is 14.3. The first kappa shape index (κ1) is 28.4. The van der Waals surface area contributed by atoms with Gasteiger partial charge in [-0.05, 0) is 50.9 Å². The molecule has 2 atom stereocenters. The molecule has 0 bridgehead atoms. The summed E-state index contributed by atoms with van der Waals surface area (Å²) >= 11 is 0. The highest BCUT2D eigenvalue weighted by Crippen LogP contribution is 2.54. The normalized spacial score (nSPS) is 23.7. The maximum Gasteiger partial charge on any atom is 0.203 e. The first-order valence-corrected chi connectivity index (χ1v) is 16.9. The minimum Gasteiger partial charge on any atom is -0.344 e. The number of hydrogen-bond acceptors (Lipinski definition) is 2. The van der Waals surface area contributed by atoms with Crippen molar-refractivity contribution < 1.29 is 18.9 Å². The van der Waals surface area contributed by atoms with Crippen LogP contribution in [0.2, 0.25) is 0 Å². The van der Waals surface area contributed by atoms with E-state index in [1.54, 1.807) is 0 Å². The number of hydrogen-bond donors (Lipinski definition) is 2. The van der Waals surface area contributed by atoms with Gasteiger partial charge in [0.15, 0.2) is 0 Å². The maximum absolute atomic E-state index is 12.8. The van der Waals surface area contributed by atoms with Gasteiger partial charge in [-0.3, -0.25) is 9.13 Å². The monoisotopic (exact) mass is 464 g/mol. The molecule has 0 spiro atoms. The summed E-state index contributed by atoms with van der Waals surface area (Å²) in [7, 11) is -6.03. The molecule has 0 aromatic carbocycles. The molecule has 0 heterocycles. The van der Waals surface area contributed by atoms with E-state index < -0.39 is 14.7 Å². The van der Waals surface area contributed by atoms with Gasteiger partial charge in [0.2, 0.25) is 14.7 Å². The SMILES string of the molecule is CCCCCCCCP(=O)(O)CCC1CCC(P(=O)(O)CCCCCCCC)CC1. The smallest absolute Gasteiger partial charge is 0.203 e. The van der Waals surface area contributed by atoms with Crippen molar-refractivity contribution in [3.63, 3.8) is 0 Å². The molecule has 1 saturated carbocycles. The van der Waals surface area contributed by atoms with Crippen molar-refractivity contribution in [2.45, 2.75) is 129 Å². The van der Waals surface area contributed by atoms with E-state index in [2.05, 4.69) is 13.8 Å². The van der Waals surface area contributed by atoms with Crippen molar-refractivity contribution in [2.75, 3.05) is 18.5 Å². The van der Waals surface area contributed by atoms with Crippen LogP contribution >= 0.6 is 14.7 Å². The van der Waals surface area contributed by atoms with Crippen LogP contribution in [0.25, 0.3) is 0 Å². The Labute approximate surface area is 186 Å². The molecule has 0 aliphatic heterocycles. The van der Waals surface area contributed by atoms with Crippen LogP contribution in [0, 0.1) is 5.92 Å². The molecule has 1 rings (SSSR count). The molecule has 2 N–H and O–H groups in total. The molecular formula is C24H50O4P2. The van der Waals surface area contributed by atoms with Crippen molar-refractivity contribution in [1.82, 2.24) is 0 Å². The van der Waals surface area contributed by atoms with Gasteiger partial charge in [0.05, 0.1) is 0 Å². The summed E-state index contributed by atoms with van der Waals surface area (Å²) in [5.41, 5.74) is -0.0338. The van der Waals surface area contributed by atoms with Crippen molar-refractivity contribution in [2.24, 2.45) is 5.92 Å². The first-order valence-electron chi connectivity index (χ1n) is 12.9. The maximum atomic E-state index is 12.8. The Hall–Kier alpha value is 0.380. The average Bonchev–Trinajstić information content (AvgIpc) is 2.72. The molecule has 1 fully saturated rings. The van der Waals surface area contributed by atoms with E-state index in [0.29, 0.717) is 24.4 Å². The number of unbranched alkanes of at least 4 members (excludes halogenated alkanes) is 10. The van der Waals surface area contributed by atoms with Gasteiger partial charge in [-0.1, -0.05) is 78.1 Å². The Morgan fingerprint density at radius 2 is 1.10 bits per heavy atom. The second kappa shape index (κ2) is 16.1. The van der Waals surface area contributed by atoms with Crippen LogP contribution in [-0.4, -0.2) is 33.9 Å². The van der Waals surface area contributed by atoms with Crippen LogP contribution < -0.4 is 0 Å². The van der Waals surface area contributed by atoms with Gasteiger partial charge >= 0.3 is 0 Å². The quantitative estimate of drug-likeness (QED) is 0.158. The number of rotatable bonds is 18. The minimum atomic E-state index is -3.03. The van der Waals surface area contributed by atoms with Crippen LogP contribution in [0.5, 0.6) is 0 Å². The molecule has 4 nitrogen and oxygen atoms in total. The van der Waals surface area contributed by atoms with E-state index >= 15 is 0 Å². The average molecular weight is 465 g/mol. The van der Waals surface area contributed by atoms with E-state index in [1.165, 1.54) is 51.4 Å². The molecular weight excluding hydrogens is 414 g/mol.